The van der Waals surface area contributed by atoms with E-state index in [4.69, 9.17) is 15.2 Å². The normalized spacial score (nSPS) is 18.2. The number of hydrogen-bond acceptors (Lipinski definition) is 5. The number of aromatic amines is 1. The number of morpholine rings is 1. The number of nitrogens with two attached hydrogens (primary N) is 1. The molecule has 3 N–H and O–H groups in total. The Morgan fingerprint density at radius 2 is 1.91 bits per heavy atom. The molecule has 2 aromatic carbocycles. The third kappa shape index (κ3) is 3.86. The molecule has 1 aliphatic heterocycles. The van der Waals surface area contributed by atoms with Gasteiger partial charge in [-0.3, -0.25) is 14.4 Å². The Kier molecular flexibility index (Phi) is 5.67. The molecule has 1 fully saturated rings. The minimum Gasteiger partial charge on any atom is -0.469 e. The number of primary amides is 1. The molecule has 8 nitrogen and oxygen atoms in total. The maximum absolute atomic E-state index is 12.9. The fourth-order valence-corrected chi connectivity index (χ4v) is 4.61. The first kappa shape index (κ1) is 21.9. The number of allylic oxidation sites excluding steroid dienone is 3. The first-order valence-corrected chi connectivity index (χ1v) is 11.2. The summed E-state index contributed by atoms with van der Waals surface area (Å²) in [6, 6.07) is 9.28. The van der Waals surface area contributed by atoms with Crippen LogP contribution in [-0.4, -0.2) is 61.1 Å². The lowest BCUT2D eigenvalue weighted by Gasteiger charge is -2.26. The number of carbonyl (C=O) groups excluding carboxylic acids is 3. The molecule has 34 heavy (non-hydrogen) atoms. The summed E-state index contributed by atoms with van der Waals surface area (Å²) in [5, 5.41) is 1.74. The second kappa shape index (κ2) is 8.79. The maximum Gasteiger partial charge on any atom is 0.312 e. The number of methoxy groups -OCH3 is 1. The fraction of sp³-hybridized carbons (Fsp3) is 0.269. The number of fused-ring (bicyclic) bond motifs is 3. The van der Waals surface area contributed by atoms with Crippen molar-refractivity contribution in [2.45, 2.75) is 6.42 Å². The summed E-state index contributed by atoms with van der Waals surface area (Å²) in [5.41, 5.74) is 9.79. The van der Waals surface area contributed by atoms with Gasteiger partial charge in [-0.05, 0) is 41.8 Å². The summed E-state index contributed by atoms with van der Waals surface area (Å²) in [6.07, 6.45) is 6.16. The Bertz CT molecular complexity index is 1380. The second-order valence-electron chi connectivity index (χ2n) is 8.48. The Labute approximate surface area is 196 Å². The number of hydrogen-bond donors (Lipinski definition) is 2. The van der Waals surface area contributed by atoms with Gasteiger partial charge in [0, 0.05) is 34.9 Å². The molecule has 0 radical (unpaired) electrons. The van der Waals surface area contributed by atoms with Crippen LogP contribution >= 0.6 is 0 Å². The molecule has 1 unspecified atom stereocenters. The van der Waals surface area contributed by atoms with Gasteiger partial charge in [0.1, 0.15) is 0 Å². The Morgan fingerprint density at radius 3 is 2.59 bits per heavy atom. The molecular weight excluding hydrogens is 434 g/mol. The molecule has 0 saturated carbocycles. The van der Waals surface area contributed by atoms with E-state index >= 15 is 0 Å². The van der Waals surface area contributed by atoms with Crippen molar-refractivity contribution in [1.82, 2.24) is 9.88 Å². The number of H-pyrrole nitrogens is 1. The average molecular weight is 460 g/mol. The molecule has 2 amide bonds. The van der Waals surface area contributed by atoms with E-state index in [0.717, 1.165) is 27.4 Å². The number of benzene rings is 2. The molecule has 1 atom stereocenters. The average Bonchev–Trinajstić information content (AvgIpc) is 3.25. The molecule has 1 aromatic heterocycles. The Hall–Kier alpha value is -3.91. The topological polar surface area (TPSA) is 115 Å². The smallest absolute Gasteiger partial charge is 0.312 e. The van der Waals surface area contributed by atoms with Crippen LogP contribution in [0.25, 0.3) is 27.4 Å². The molecule has 0 spiro atoms. The first-order chi connectivity index (χ1) is 16.5. The van der Waals surface area contributed by atoms with Crippen LogP contribution in [-0.2, 0) is 14.3 Å². The summed E-state index contributed by atoms with van der Waals surface area (Å²) >= 11 is 0. The molecule has 2 aliphatic rings. The lowest BCUT2D eigenvalue weighted by molar-refractivity contribution is -0.143. The van der Waals surface area contributed by atoms with Gasteiger partial charge in [0.25, 0.3) is 11.8 Å². The molecule has 3 aromatic rings. The molecule has 1 saturated heterocycles. The van der Waals surface area contributed by atoms with Gasteiger partial charge in [0.05, 0.1) is 37.3 Å². The van der Waals surface area contributed by atoms with E-state index in [0.29, 0.717) is 49.4 Å². The number of amides is 2. The lowest BCUT2D eigenvalue weighted by Crippen LogP contribution is -2.40. The molecular formula is C26H25N3O5. The number of rotatable bonds is 4. The maximum atomic E-state index is 12.9. The predicted octanol–water partition coefficient (Wildman–Crippen LogP) is 3.02. The molecule has 0 bridgehead atoms. The molecule has 2 heterocycles. The van der Waals surface area contributed by atoms with Crippen molar-refractivity contribution < 1.29 is 23.9 Å². The van der Waals surface area contributed by atoms with Crippen LogP contribution in [0.2, 0.25) is 0 Å². The molecule has 5 rings (SSSR count). The van der Waals surface area contributed by atoms with Gasteiger partial charge >= 0.3 is 5.97 Å². The number of esters is 1. The van der Waals surface area contributed by atoms with Crippen molar-refractivity contribution in [2.75, 3.05) is 33.4 Å². The standard InChI is InChI=1S/C26H25N3O5/c1-33-26(32)16-4-2-15(3-5-16)18-12-20-19-7-6-17(25(31)29-8-10-34-11-9-29)14-22(19)28-23(20)21(13-18)24(27)30/h2-4,6-7,12-14,16,28H,5,8-11H2,1H3,(H2,27,30). The number of ether oxygens (including phenoxy) is 2. The van der Waals surface area contributed by atoms with Gasteiger partial charge in [-0.25, -0.2) is 0 Å². The number of nitrogens with zero attached hydrogens (tertiary/aromatic N) is 1. The SMILES string of the molecule is COC(=O)C1C=CC(c2cc(C(N)=O)c3[nH]c4cc(C(=O)N5CCOCC5)ccc4c3c2)=CC1. The zero-order valence-electron chi connectivity index (χ0n) is 18.8. The molecule has 174 valence electrons. The van der Waals surface area contributed by atoms with E-state index in [1.54, 1.807) is 11.0 Å². The van der Waals surface area contributed by atoms with Crippen LogP contribution in [0.1, 0.15) is 32.7 Å². The second-order valence-corrected chi connectivity index (χ2v) is 8.48. The highest BCUT2D eigenvalue weighted by molar-refractivity contribution is 6.16. The van der Waals surface area contributed by atoms with E-state index < -0.39 is 5.91 Å². The largest absolute Gasteiger partial charge is 0.469 e. The highest BCUT2D eigenvalue weighted by atomic mass is 16.5. The minimum absolute atomic E-state index is 0.0441. The van der Waals surface area contributed by atoms with Gasteiger partial charge in [-0.1, -0.05) is 24.3 Å². The summed E-state index contributed by atoms with van der Waals surface area (Å²) in [6.45, 7) is 2.21. The van der Waals surface area contributed by atoms with Crippen LogP contribution in [0.3, 0.4) is 0 Å². The summed E-state index contributed by atoms with van der Waals surface area (Å²) in [7, 11) is 1.37. The number of carbonyl (C=O) groups is 3. The van der Waals surface area contributed by atoms with E-state index in [-0.39, 0.29) is 17.8 Å². The van der Waals surface area contributed by atoms with Gasteiger partial charge in [0.2, 0.25) is 0 Å². The van der Waals surface area contributed by atoms with Crippen molar-refractivity contribution in [2.24, 2.45) is 11.7 Å². The van der Waals surface area contributed by atoms with Crippen LogP contribution in [0.4, 0.5) is 0 Å². The van der Waals surface area contributed by atoms with Gasteiger partial charge in [-0.2, -0.15) is 0 Å². The van der Waals surface area contributed by atoms with E-state index in [1.807, 2.05) is 42.5 Å². The van der Waals surface area contributed by atoms with Crippen LogP contribution < -0.4 is 5.73 Å². The number of nitrogens with one attached hydrogen (secondary N) is 1. The molecule has 1 aliphatic carbocycles. The van der Waals surface area contributed by atoms with E-state index in [9.17, 15) is 14.4 Å². The van der Waals surface area contributed by atoms with Crippen molar-refractivity contribution in [3.63, 3.8) is 0 Å². The Morgan fingerprint density at radius 1 is 1.12 bits per heavy atom. The summed E-state index contributed by atoms with van der Waals surface area (Å²) < 4.78 is 10.2. The molecule has 8 heteroatoms. The van der Waals surface area contributed by atoms with Crippen molar-refractivity contribution in [1.29, 1.82) is 0 Å². The first-order valence-electron chi connectivity index (χ1n) is 11.2. The van der Waals surface area contributed by atoms with E-state index in [2.05, 4.69) is 4.98 Å². The van der Waals surface area contributed by atoms with Crippen molar-refractivity contribution in [3.05, 3.63) is 65.3 Å². The zero-order chi connectivity index (χ0) is 23.8. The van der Waals surface area contributed by atoms with Crippen LogP contribution in [0, 0.1) is 5.92 Å². The van der Waals surface area contributed by atoms with Gasteiger partial charge in [0.15, 0.2) is 0 Å². The van der Waals surface area contributed by atoms with Gasteiger partial charge < -0.3 is 25.1 Å². The quantitative estimate of drug-likeness (QED) is 0.582. The number of aromatic nitrogens is 1. The zero-order valence-corrected chi connectivity index (χ0v) is 18.8. The van der Waals surface area contributed by atoms with E-state index in [1.165, 1.54) is 7.11 Å². The highest BCUT2D eigenvalue weighted by Crippen LogP contribution is 2.34. The summed E-state index contributed by atoms with van der Waals surface area (Å²) in [4.78, 5) is 42.1. The third-order valence-electron chi connectivity index (χ3n) is 6.46. The third-order valence-corrected chi connectivity index (χ3v) is 6.46. The highest BCUT2D eigenvalue weighted by Gasteiger charge is 2.22. The van der Waals surface area contributed by atoms with Gasteiger partial charge in [-0.15, -0.1) is 0 Å². The fourth-order valence-electron chi connectivity index (χ4n) is 4.61. The predicted molar refractivity (Wildman–Crippen MR) is 128 cm³/mol. The monoisotopic (exact) mass is 459 g/mol. The Balaban J connectivity index is 1.56. The van der Waals surface area contributed by atoms with Crippen molar-refractivity contribution in [3.8, 4) is 0 Å². The summed E-state index contributed by atoms with van der Waals surface area (Å²) in [5.74, 6) is -1.18. The van der Waals surface area contributed by atoms with Crippen LogP contribution in [0.15, 0.2) is 48.6 Å². The van der Waals surface area contributed by atoms with Crippen LogP contribution in [0.5, 0.6) is 0 Å². The lowest BCUT2D eigenvalue weighted by atomic mass is 9.91. The van der Waals surface area contributed by atoms with Crippen molar-refractivity contribution >= 4 is 45.2 Å². The minimum atomic E-state index is -0.546.